The molecule has 0 atom stereocenters. The van der Waals surface area contributed by atoms with E-state index < -0.39 is 0 Å². The lowest BCUT2D eigenvalue weighted by atomic mass is 9.90. The molecule has 1 aromatic heterocycles. The number of aryl methyl sites for hydroxylation is 1. The second kappa shape index (κ2) is 5.81. The van der Waals surface area contributed by atoms with Gasteiger partial charge < -0.3 is 10.0 Å². The number of hydrogen-bond acceptors (Lipinski definition) is 6. The highest BCUT2D eigenvalue weighted by Gasteiger charge is 2.27. The van der Waals surface area contributed by atoms with Crippen LogP contribution in [0.5, 0.6) is 5.75 Å². The van der Waals surface area contributed by atoms with Crippen LogP contribution in [0.3, 0.4) is 0 Å². The average Bonchev–Trinajstić information content (AvgIpc) is 3.06. The maximum Gasteiger partial charge on any atom is 0.231 e. The first-order valence-corrected chi connectivity index (χ1v) is 9.51. The SMILES string of the molecule is Oc1c(N=Nc2nc3ccccc3s2)cc2c3c1CCCN3CCC2. The zero-order chi connectivity index (χ0) is 16.8. The van der Waals surface area contributed by atoms with Crippen molar-refractivity contribution in [1.82, 2.24) is 4.98 Å². The molecule has 3 aromatic rings. The van der Waals surface area contributed by atoms with E-state index in [0.29, 0.717) is 10.8 Å². The van der Waals surface area contributed by atoms with E-state index in [1.807, 2.05) is 30.3 Å². The van der Waals surface area contributed by atoms with Crippen molar-refractivity contribution in [2.24, 2.45) is 10.2 Å². The largest absolute Gasteiger partial charge is 0.505 e. The molecule has 0 amide bonds. The number of benzene rings is 2. The molecule has 5 rings (SSSR count). The predicted octanol–water partition coefficient (Wildman–Crippen LogP) is 5.12. The number of rotatable bonds is 2. The molecule has 2 aromatic carbocycles. The Balaban J connectivity index is 1.55. The van der Waals surface area contributed by atoms with Gasteiger partial charge in [-0.15, -0.1) is 10.2 Å². The molecule has 0 aliphatic carbocycles. The number of thiazole rings is 1. The monoisotopic (exact) mass is 350 g/mol. The first-order chi connectivity index (χ1) is 12.3. The zero-order valence-electron chi connectivity index (χ0n) is 13.8. The van der Waals surface area contributed by atoms with Crippen molar-refractivity contribution in [3.05, 3.63) is 41.5 Å². The van der Waals surface area contributed by atoms with Crippen molar-refractivity contribution in [3.63, 3.8) is 0 Å². The molecule has 5 nitrogen and oxygen atoms in total. The highest BCUT2D eigenvalue weighted by atomic mass is 32.1. The quantitative estimate of drug-likeness (QED) is 0.653. The zero-order valence-corrected chi connectivity index (χ0v) is 14.6. The molecular weight excluding hydrogens is 332 g/mol. The van der Waals surface area contributed by atoms with Crippen molar-refractivity contribution >= 4 is 38.1 Å². The topological polar surface area (TPSA) is 61.1 Å². The van der Waals surface area contributed by atoms with Crippen LogP contribution in [0.1, 0.15) is 24.0 Å². The summed E-state index contributed by atoms with van der Waals surface area (Å²) in [6, 6.07) is 9.96. The van der Waals surface area contributed by atoms with E-state index in [0.717, 1.165) is 54.6 Å². The fourth-order valence-electron chi connectivity index (χ4n) is 3.90. The summed E-state index contributed by atoms with van der Waals surface area (Å²) in [6.45, 7) is 2.18. The van der Waals surface area contributed by atoms with E-state index >= 15 is 0 Å². The number of aromatic hydroxyl groups is 1. The molecule has 0 unspecified atom stereocenters. The van der Waals surface area contributed by atoms with Crippen LogP contribution in [0.15, 0.2) is 40.6 Å². The minimum atomic E-state index is 0.287. The van der Waals surface area contributed by atoms with Crippen molar-refractivity contribution in [2.75, 3.05) is 18.0 Å². The molecule has 126 valence electrons. The van der Waals surface area contributed by atoms with Gasteiger partial charge in [0.1, 0.15) is 11.4 Å². The lowest BCUT2D eigenvalue weighted by Gasteiger charge is -2.37. The standard InChI is InChI=1S/C19H18N4OS/c24-18-13-6-4-10-23-9-3-5-12(17(13)23)11-15(18)21-22-19-20-14-7-1-2-8-16(14)25-19/h1-2,7-8,11,24H,3-6,9-10H2. The first kappa shape index (κ1) is 14.8. The van der Waals surface area contributed by atoms with Gasteiger partial charge in [0.2, 0.25) is 5.13 Å². The normalized spacial score (nSPS) is 16.6. The predicted molar refractivity (Wildman–Crippen MR) is 101 cm³/mol. The van der Waals surface area contributed by atoms with E-state index in [-0.39, 0.29) is 5.75 Å². The first-order valence-electron chi connectivity index (χ1n) is 8.69. The average molecular weight is 350 g/mol. The van der Waals surface area contributed by atoms with Crippen LogP contribution in [0.4, 0.5) is 16.5 Å². The summed E-state index contributed by atoms with van der Waals surface area (Å²) < 4.78 is 1.09. The van der Waals surface area contributed by atoms with Gasteiger partial charge in [-0.25, -0.2) is 4.98 Å². The minimum absolute atomic E-state index is 0.287. The molecule has 25 heavy (non-hydrogen) atoms. The van der Waals surface area contributed by atoms with Gasteiger partial charge in [0, 0.05) is 24.3 Å². The van der Waals surface area contributed by atoms with Gasteiger partial charge in [-0.3, -0.25) is 0 Å². The third-order valence-electron chi connectivity index (χ3n) is 5.00. The van der Waals surface area contributed by atoms with Crippen LogP contribution >= 0.6 is 11.3 Å². The van der Waals surface area contributed by atoms with Gasteiger partial charge in [-0.05, 0) is 49.4 Å². The summed E-state index contributed by atoms with van der Waals surface area (Å²) in [7, 11) is 0. The lowest BCUT2D eigenvalue weighted by Crippen LogP contribution is -2.34. The summed E-state index contributed by atoms with van der Waals surface area (Å²) in [5.41, 5.74) is 5.08. The summed E-state index contributed by atoms with van der Waals surface area (Å²) >= 11 is 1.51. The highest BCUT2D eigenvalue weighted by molar-refractivity contribution is 7.21. The van der Waals surface area contributed by atoms with Gasteiger partial charge in [-0.2, -0.15) is 0 Å². The molecule has 0 fully saturated rings. The van der Waals surface area contributed by atoms with Crippen molar-refractivity contribution < 1.29 is 5.11 Å². The van der Waals surface area contributed by atoms with E-state index in [4.69, 9.17) is 0 Å². The van der Waals surface area contributed by atoms with Gasteiger partial charge >= 0.3 is 0 Å². The Hall–Kier alpha value is -2.47. The third kappa shape index (κ3) is 2.48. The number of anilines is 1. The Morgan fingerprint density at radius 1 is 1.08 bits per heavy atom. The van der Waals surface area contributed by atoms with Crippen LogP contribution in [-0.2, 0) is 12.8 Å². The molecule has 0 saturated heterocycles. The molecule has 2 aliphatic heterocycles. The Morgan fingerprint density at radius 3 is 2.80 bits per heavy atom. The number of phenols is 1. The fourth-order valence-corrected chi connectivity index (χ4v) is 4.69. The van der Waals surface area contributed by atoms with E-state index in [9.17, 15) is 5.11 Å². The molecule has 3 heterocycles. The molecule has 0 spiro atoms. The number of aromatic nitrogens is 1. The van der Waals surface area contributed by atoms with E-state index in [1.165, 1.54) is 22.6 Å². The summed E-state index contributed by atoms with van der Waals surface area (Å²) in [4.78, 5) is 6.89. The van der Waals surface area contributed by atoms with Crippen LogP contribution in [0, 0.1) is 0 Å². The maximum absolute atomic E-state index is 10.7. The summed E-state index contributed by atoms with van der Waals surface area (Å²) in [6.07, 6.45) is 4.20. The number of hydrogen-bond donors (Lipinski definition) is 1. The third-order valence-corrected chi connectivity index (χ3v) is 5.92. The smallest absolute Gasteiger partial charge is 0.231 e. The van der Waals surface area contributed by atoms with Crippen LogP contribution in [0.25, 0.3) is 10.2 Å². The molecule has 1 N–H and O–H groups in total. The second-order valence-corrected chi connectivity index (χ2v) is 7.60. The Kier molecular flexibility index (Phi) is 3.45. The van der Waals surface area contributed by atoms with E-state index in [2.05, 4.69) is 20.1 Å². The van der Waals surface area contributed by atoms with Crippen molar-refractivity contribution in [3.8, 4) is 5.75 Å². The fraction of sp³-hybridized carbons (Fsp3) is 0.316. The number of nitrogens with zero attached hydrogens (tertiary/aromatic N) is 4. The van der Waals surface area contributed by atoms with Crippen LogP contribution in [-0.4, -0.2) is 23.2 Å². The Labute approximate surface area is 149 Å². The molecular formula is C19H18N4OS. The lowest BCUT2D eigenvalue weighted by molar-refractivity contribution is 0.463. The number of para-hydroxylation sites is 1. The highest BCUT2D eigenvalue weighted by Crippen LogP contribution is 2.45. The van der Waals surface area contributed by atoms with Gasteiger partial charge in [-0.1, -0.05) is 23.5 Å². The number of phenolic OH excluding ortho intramolecular Hbond substituents is 1. The summed E-state index contributed by atoms with van der Waals surface area (Å²) in [5.74, 6) is 0.287. The number of azo groups is 1. The van der Waals surface area contributed by atoms with Crippen molar-refractivity contribution in [2.45, 2.75) is 25.7 Å². The Bertz CT molecular complexity index is 959. The molecule has 6 heteroatoms. The maximum atomic E-state index is 10.7. The van der Waals surface area contributed by atoms with Gasteiger partial charge in [0.05, 0.1) is 10.2 Å². The van der Waals surface area contributed by atoms with Crippen LogP contribution < -0.4 is 4.90 Å². The Morgan fingerprint density at radius 2 is 1.92 bits per heavy atom. The molecule has 2 aliphatic rings. The number of fused-ring (bicyclic) bond motifs is 1. The molecule has 0 bridgehead atoms. The minimum Gasteiger partial charge on any atom is -0.505 e. The van der Waals surface area contributed by atoms with Crippen LogP contribution in [0.2, 0.25) is 0 Å². The molecule has 0 saturated carbocycles. The molecule has 0 radical (unpaired) electrons. The van der Waals surface area contributed by atoms with Crippen molar-refractivity contribution in [1.29, 1.82) is 0 Å². The van der Waals surface area contributed by atoms with E-state index in [1.54, 1.807) is 0 Å². The second-order valence-electron chi connectivity index (χ2n) is 6.59. The van der Waals surface area contributed by atoms with Gasteiger partial charge in [0.15, 0.2) is 0 Å². The summed E-state index contributed by atoms with van der Waals surface area (Å²) in [5, 5.41) is 20.0. The van der Waals surface area contributed by atoms with Gasteiger partial charge in [0.25, 0.3) is 0 Å².